The van der Waals surface area contributed by atoms with Crippen LogP contribution in [0.15, 0.2) is 0 Å². The molecule has 0 aromatic carbocycles. The molecule has 3 fully saturated rings. The van der Waals surface area contributed by atoms with Crippen LogP contribution in [0.4, 0.5) is 4.79 Å². The molecule has 114 valence electrons. The van der Waals surface area contributed by atoms with Gasteiger partial charge in [-0.15, -0.1) is 12.4 Å². The van der Waals surface area contributed by atoms with E-state index in [-0.39, 0.29) is 30.1 Å². The zero-order valence-electron chi connectivity index (χ0n) is 11.6. The summed E-state index contributed by atoms with van der Waals surface area (Å²) in [7, 11) is 0. The van der Waals surface area contributed by atoms with E-state index in [1.807, 2.05) is 4.90 Å². The highest BCUT2D eigenvalue weighted by atomic mass is 35.5. The fraction of sp³-hybridized carbons (Fsp3) is 0.846. The number of carbonyl (C=O) groups is 2. The molecule has 2 amide bonds. The second kappa shape index (κ2) is 6.54. The number of hydrogen-bond acceptors (Lipinski definition) is 4. The van der Waals surface area contributed by atoms with Crippen LogP contribution in [0.2, 0.25) is 0 Å². The van der Waals surface area contributed by atoms with Crippen molar-refractivity contribution in [3.8, 4) is 0 Å². The zero-order valence-corrected chi connectivity index (χ0v) is 13.2. The Labute approximate surface area is 130 Å². The van der Waals surface area contributed by atoms with E-state index in [1.54, 1.807) is 4.90 Å². The van der Waals surface area contributed by atoms with Crippen molar-refractivity contribution >= 4 is 35.3 Å². The quantitative estimate of drug-likeness (QED) is 0.830. The summed E-state index contributed by atoms with van der Waals surface area (Å²) in [6, 6.07) is 0. The van der Waals surface area contributed by atoms with Crippen molar-refractivity contribution < 1.29 is 9.59 Å². The monoisotopic (exact) mass is 319 g/mol. The molecular weight excluding hydrogens is 298 g/mol. The normalized spacial score (nSPS) is 25.1. The summed E-state index contributed by atoms with van der Waals surface area (Å²) in [4.78, 5) is 27.3. The summed E-state index contributed by atoms with van der Waals surface area (Å²) in [5, 5.41) is 3.49. The first-order valence-electron chi connectivity index (χ1n) is 7.09. The minimum absolute atomic E-state index is 0. The molecule has 0 aromatic rings. The van der Waals surface area contributed by atoms with Gasteiger partial charge in [0.15, 0.2) is 0 Å². The SMILES string of the molecule is Cl.O=C(CN1CCSC1=O)N1CCC2(CCNC2)CC1. The van der Waals surface area contributed by atoms with Gasteiger partial charge in [0.2, 0.25) is 5.91 Å². The highest BCUT2D eigenvalue weighted by Crippen LogP contribution is 2.36. The Balaban J connectivity index is 0.00000147. The second-order valence-electron chi connectivity index (χ2n) is 5.84. The Morgan fingerprint density at radius 2 is 2.00 bits per heavy atom. The lowest BCUT2D eigenvalue weighted by Crippen LogP contribution is -2.47. The molecule has 20 heavy (non-hydrogen) atoms. The van der Waals surface area contributed by atoms with E-state index in [9.17, 15) is 9.59 Å². The molecule has 3 aliphatic rings. The van der Waals surface area contributed by atoms with Gasteiger partial charge in [0.05, 0.1) is 0 Å². The molecular formula is C13H22ClN3O2S. The average molecular weight is 320 g/mol. The largest absolute Gasteiger partial charge is 0.341 e. The number of likely N-dealkylation sites (tertiary alicyclic amines) is 1. The molecule has 1 N–H and O–H groups in total. The molecule has 3 heterocycles. The van der Waals surface area contributed by atoms with Crippen LogP contribution in [-0.2, 0) is 4.79 Å². The van der Waals surface area contributed by atoms with Gasteiger partial charge in [0.1, 0.15) is 6.54 Å². The fourth-order valence-corrected chi connectivity index (χ4v) is 4.11. The molecule has 0 unspecified atom stereocenters. The van der Waals surface area contributed by atoms with Crippen molar-refractivity contribution in [1.29, 1.82) is 0 Å². The summed E-state index contributed by atoms with van der Waals surface area (Å²) in [6.45, 7) is 4.93. The number of nitrogens with zero attached hydrogens (tertiary/aromatic N) is 2. The molecule has 0 bridgehead atoms. The first kappa shape index (κ1) is 15.9. The minimum Gasteiger partial charge on any atom is -0.341 e. The smallest absolute Gasteiger partial charge is 0.282 e. The van der Waals surface area contributed by atoms with Crippen molar-refractivity contribution in [1.82, 2.24) is 15.1 Å². The Bertz CT molecular complexity index is 378. The van der Waals surface area contributed by atoms with Gasteiger partial charge in [0, 0.05) is 31.9 Å². The van der Waals surface area contributed by atoms with E-state index >= 15 is 0 Å². The van der Waals surface area contributed by atoms with Crippen LogP contribution in [0.5, 0.6) is 0 Å². The number of nitrogens with one attached hydrogen (secondary N) is 1. The first-order valence-corrected chi connectivity index (χ1v) is 8.07. The van der Waals surface area contributed by atoms with Gasteiger partial charge in [0.25, 0.3) is 5.24 Å². The van der Waals surface area contributed by atoms with E-state index in [0.29, 0.717) is 5.41 Å². The third-order valence-corrected chi connectivity index (χ3v) is 5.57. The average Bonchev–Trinajstić information content (AvgIpc) is 3.01. The van der Waals surface area contributed by atoms with Gasteiger partial charge in [-0.3, -0.25) is 9.59 Å². The highest BCUT2D eigenvalue weighted by Gasteiger charge is 2.38. The molecule has 0 radical (unpaired) electrons. The van der Waals surface area contributed by atoms with E-state index < -0.39 is 0 Å². The Morgan fingerprint density at radius 1 is 1.25 bits per heavy atom. The number of hydrogen-bond donors (Lipinski definition) is 1. The predicted molar refractivity (Wildman–Crippen MR) is 82.4 cm³/mol. The number of amides is 2. The summed E-state index contributed by atoms with van der Waals surface area (Å²) in [5.41, 5.74) is 0.441. The first-order chi connectivity index (χ1) is 9.19. The Morgan fingerprint density at radius 3 is 2.55 bits per heavy atom. The number of piperidine rings is 1. The highest BCUT2D eigenvalue weighted by molar-refractivity contribution is 8.13. The summed E-state index contributed by atoms with van der Waals surface area (Å²) >= 11 is 1.32. The number of thioether (sulfide) groups is 1. The maximum absolute atomic E-state index is 12.2. The van der Waals surface area contributed by atoms with Gasteiger partial charge in [-0.25, -0.2) is 0 Å². The van der Waals surface area contributed by atoms with Crippen LogP contribution >= 0.6 is 24.2 Å². The van der Waals surface area contributed by atoms with Crippen molar-refractivity contribution in [3.05, 3.63) is 0 Å². The van der Waals surface area contributed by atoms with E-state index in [2.05, 4.69) is 5.32 Å². The summed E-state index contributed by atoms with van der Waals surface area (Å²) < 4.78 is 0. The van der Waals surface area contributed by atoms with Crippen LogP contribution in [0.25, 0.3) is 0 Å². The van der Waals surface area contributed by atoms with Crippen molar-refractivity contribution in [3.63, 3.8) is 0 Å². The lowest BCUT2D eigenvalue weighted by Gasteiger charge is -2.39. The standard InChI is InChI=1S/C13H21N3O2S.ClH/c17-11(9-16-7-8-19-12(16)18)15-5-2-13(3-6-15)1-4-14-10-13;/h14H,1-10H2;1H. The van der Waals surface area contributed by atoms with Crippen LogP contribution < -0.4 is 5.32 Å². The van der Waals surface area contributed by atoms with Gasteiger partial charge >= 0.3 is 0 Å². The van der Waals surface area contributed by atoms with E-state index in [0.717, 1.165) is 51.3 Å². The summed E-state index contributed by atoms with van der Waals surface area (Å²) in [6.07, 6.45) is 3.46. The van der Waals surface area contributed by atoms with Crippen molar-refractivity contribution in [2.24, 2.45) is 5.41 Å². The molecule has 5 nitrogen and oxygen atoms in total. The molecule has 0 aliphatic carbocycles. The fourth-order valence-electron chi connectivity index (χ4n) is 3.29. The van der Waals surface area contributed by atoms with Gasteiger partial charge in [-0.05, 0) is 31.2 Å². The van der Waals surface area contributed by atoms with Crippen LogP contribution in [0.3, 0.4) is 0 Å². The minimum atomic E-state index is 0. The molecule has 3 rings (SSSR count). The molecule has 1 spiro atoms. The number of halogens is 1. The zero-order chi connectivity index (χ0) is 13.3. The molecule has 0 saturated carbocycles. The summed E-state index contributed by atoms with van der Waals surface area (Å²) in [5.74, 6) is 0.942. The third kappa shape index (κ3) is 3.23. The lowest BCUT2D eigenvalue weighted by molar-refractivity contribution is -0.133. The maximum atomic E-state index is 12.2. The molecule has 3 aliphatic heterocycles. The third-order valence-electron chi connectivity index (χ3n) is 4.68. The molecule has 0 atom stereocenters. The van der Waals surface area contributed by atoms with E-state index in [1.165, 1.54) is 18.2 Å². The predicted octanol–water partition coefficient (Wildman–Crippen LogP) is 1.18. The van der Waals surface area contributed by atoms with Crippen molar-refractivity contribution in [2.75, 3.05) is 45.0 Å². The Kier molecular flexibility index (Phi) is 5.20. The number of rotatable bonds is 2. The van der Waals surface area contributed by atoms with Crippen LogP contribution in [0, 0.1) is 5.41 Å². The van der Waals surface area contributed by atoms with Crippen molar-refractivity contribution in [2.45, 2.75) is 19.3 Å². The van der Waals surface area contributed by atoms with E-state index in [4.69, 9.17) is 0 Å². The topological polar surface area (TPSA) is 52.7 Å². The second-order valence-corrected chi connectivity index (χ2v) is 6.89. The molecule has 0 aromatic heterocycles. The van der Waals surface area contributed by atoms with Gasteiger partial charge in [-0.1, -0.05) is 11.8 Å². The maximum Gasteiger partial charge on any atom is 0.282 e. The Hall–Kier alpha value is -0.460. The lowest BCUT2D eigenvalue weighted by atomic mass is 9.78. The molecule has 3 saturated heterocycles. The van der Waals surface area contributed by atoms with Crippen LogP contribution in [0.1, 0.15) is 19.3 Å². The number of carbonyl (C=O) groups excluding carboxylic acids is 2. The van der Waals surface area contributed by atoms with Crippen LogP contribution in [-0.4, -0.2) is 66.0 Å². The molecule has 7 heteroatoms. The van der Waals surface area contributed by atoms with Gasteiger partial charge < -0.3 is 15.1 Å². The van der Waals surface area contributed by atoms with Gasteiger partial charge in [-0.2, -0.15) is 0 Å².